The predicted molar refractivity (Wildman–Crippen MR) is 92.9 cm³/mol. The lowest BCUT2D eigenvalue weighted by Crippen LogP contribution is -2.47. The van der Waals surface area contributed by atoms with Gasteiger partial charge in [-0.3, -0.25) is 4.79 Å². The van der Waals surface area contributed by atoms with Gasteiger partial charge in [0.15, 0.2) is 11.4 Å². The molecule has 0 aromatic heterocycles. The molecule has 1 saturated heterocycles. The van der Waals surface area contributed by atoms with Crippen molar-refractivity contribution in [3.05, 3.63) is 34.4 Å². The van der Waals surface area contributed by atoms with Crippen LogP contribution in [0.4, 0.5) is 0 Å². The molecule has 0 bridgehead atoms. The van der Waals surface area contributed by atoms with Gasteiger partial charge < -0.3 is 14.6 Å². The molecule has 0 radical (unpaired) electrons. The maximum absolute atomic E-state index is 12.4. The molecule has 0 aromatic rings. The molecule has 5 unspecified atom stereocenters. The number of carbonyl (C=O) groups excluding carboxylic acids is 3. The van der Waals surface area contributed by atoms with E-state index in [0.717, 1.165) is 11.1 Å². The van der Waals surface area contributed by atoms with Gasteiger partial charge in [-0.05, 0) is 40.7 Å². The van der Waals surface area contributed by atoms with Crippen LogP contribution in [0.5, 0.6) is 0 Å². The van der Waals surface area contributed by atoms with Crippen LogP contribution in [0.2, 0.25) is 0 Å². The number of allylic oxidation sites excluding steroid dienone is 2. The van der Waals surface area contributed by atoms with Crippen LogP contribution in [0, 0.1) is 11.8 Å². The van der Waals surface area contributed by atoms with Crippen molar-refractivity contribution in [2.45, 2.75) is 58.8 Å². The van der Waals surface area contributed by atoms with E-state index in [-0.39, 0.29) is 12.2 Å². The molecule has 0 saturated carbocycles. The number of carbonyl (C=O) groups is 3. The molecular formula is C20H24O6. The fourth-order valence-electron chi connectivity index (χ4n) is 4.28. The lowest BCUT2D eigenvalue weighted by atomic mass is 9.77. The molecule has 6 heteroatoms. The third-order valence-corrected chi connectivity index (χ3v) is 5.79. The molecule has 1 fully saturated rings. The summed E-state index contributed by atoms with van der Waals surface area (Å²) in [4.78, 5) is 37.1. The monoisotopic (exact) mass is 360 g/mol. The Morgan fingerprint density at radius 3 is 2.65 bits per heavy atom. The first-order valence-corrected chi connectivity index (χ1v) is 8.79. The minimum Gasteiger partial charge on any atom is -0.459 e. The Balaban J connectivity index is 2.08. The van der Waals surface area contributed by atoms with Gasteiger partial charge in [0.2, 0.25) is 0 Å². The van der Waals surface area contributed by atoms with Gasteiger partial charge in [-0.15, -0.1) is 0 Å². The average molecular weight is 360 g/mol. The molecule has 0 aromatic carbocycles. The zero-order valence-electron chi connectivity index (χ0n) is 15.7. The van der Waals surface area contributed by atoms with E-state index in [0.29, 0.717) is 11.1 Å². The van der Waals surface area contributed by atoms with Crippen molar-refractivity contribution in [2.24, 2.45) is 11.8 Å². The Hall–Kier alpha value is -2.21. The quantitative estimate of drug-likeness (QED) is 0.599. The van der Waals surface area contributed by atoms with Crippen LogP contribution in [0.15, 0.2) is 34.4 Å². The van der Waals surface area contributed by atoms with Crippen LogP contribution in [0.1, 0.15) is 41.0 Å². The molecule has 6 nitrogen and oxygen atoms in total. The normalized spacial score (nSPS) is 37.0. The van der Waals surface area contributed by atoms with E-state index in [2.05, 4.69) is 0 Å². The van der Waals surface area contributed by atoms with E-state index in [1.54, 1.807) is 26.0 Å². The molecule has 1 heterocycles. The number of ether oxygens (including phenoxy) is 2. The van der Waals surface area contributed by atoms with Crippen LogP contribution in [0.3, 0.4) is 0 Å². The van der Waals surface area contributed by atoms with Crippen LogP contribution >= 0.6 is 0 Å². The van der Waals surface area contributed by atoms with Gasteiger partial charge in [0.05, 0.1) is 5.92 Å². The smallest absolute Gasteiger partial charge is 0.338 e. The number of hydrogen-bond donors (Lipinski definition) is 1. The van der Waals surface area contributed by atoms with Gasteiger partial charge in [0.25, 0.3) is 0 Å². The highest BCUT2D eigenvalue weighted by molar-refractivity contribution is 6.09. The second kappa shape index (κ2) is 6.20. The third-order valence-electron chi connectivity index (χ3n) is 5.79. The van der Waals surface area contributed by atoms with Crippen molar-refractivity contribution < 1.29 is 29.0 Å². The summed E-state index contributed by atoms with van der Waals surface area (Å²) in [7, 11) is 0. The van der Waals surface area contributed by atoms with E-state index >= 15 is 0 Å². The van der Waals surface area contributed by atoms with E-state index in [1.807, 2.05) is 13.8 Å². The number of ketones is 1. The van der Waals surface area contributed by atoms with Gasteiger partial charge in [-0.25, -0.2) is 9.59 Å². The van der Waals surface area contributed by atoms with Crippen LogP contribution in [-0.4, -0.2) is 40.6 Å². The van der Waals surface area contributed by atoms with Crippen molar-refractivity contribution >= 4 is 17.7 Å². The number of hydrogen-bond acceptors (Lipinski definition) is 6. The molecular weight excluding hydrogens is 336 g/mol. The standard InChI is InChI=1S/C20H24O6/c1-6-9(2)18(22)25-13-8-11(4)14-12(21)7-10(3)15(14)17-16(13)20(5,24)19(23)26-17/h6-7,13,15-17,24H,8H2,1-5H3. The number of rotatable bonds is 2. The number of esters is 2. The van der Waals surface area contributed by atoms with Gasteiger partial charge in [-0.2, -0.15) is 0 Å². The van der Waals surface area contributed by atoms with Crippen LogP contribution < -0.4 is 0 Å². The van der Waals surface area contributed by atoms with Gasteiger partial charge in [0.1, 0.15) is 12.2 Å². The highest BCUT2D eigenvalue weighted by atomic mass is 16.6. The summed E-state index contributed by atoms with van der Waals surface area (Å²) in [6.45, 7) is 8.40. The Morgan fingerprint density at radius 2 is 2.04 bits per heavy atom. The molecule has 0 spiro atoms. The van der Waals surface area contributed by atoms with Crippen molar-refractivity contribution in [1.82, 2.24) is 0 Å². The zero-order valence-corrected chi connectivity index (χ0v) is 15.7. The molecule has 1 aliphatic heterocycles. The second-order valence-electron chi connectivity index (χ2n) is 7.59. The van der Waals surface area contributed by atoms with Gasteiger partial charge in [0, 0.05) is 23.5 Å². The van der Waals surface area contributed by atoms with Crippen molar-refractivity contribution in [2.75, 3.05) is 0 Å². The van der Waals surface area contributed by atoms with Crippen molar-refractivity contribution in [1.29, 1.82) is 0 Å². The maximum Gasteiger partial charge on any atom is 0.338 e. The molecule has 5 atom stereocenters. The topological polar surface area (TPSA) is 89.9 Å². The molecule has 2 aliphatic carbocycles. The highest BCUT2D eigenvalue weighted by Crippen LogP contribution is 2.49. The Morgan fingerprint density at radius 1 is 1.38 bits per heavy atom. The Bertz CT molecular complexity index is 782. The average Bonchev–Trinajstić information content (AvgIpc) is 2.92. The minimum absolute atomic E-state index is 0.108. The first kappa shape index (κ1) is 18.6. The minimum atomic E-state index is -1.79. The molecule has 140 valence electrons. The van der Waals surface area contributed by atoms with Gasteiger partial charge >= 0.3 is 11.9 Å². The maximum atomic E-state index is 12.4. The van der Waals surface area contributed by atoms with Crippen molar-refractivity contribution in [3.8, 4) is 0 Å². The summed E-state index contributed by atoms with van der Waals surface area (Å²) in [6, 6.07) is 0. The van der Waals surface area contributed by atoms with E-state index < -0.39 is 41.6 Å². The summed E-state index contributed by atoms with van der Waals surface area (Å²) >= 11 is 0. The highest BCUT2D eigenvalue weighted by Gasteiger charge is 2.62. The Kier molecular flexibility index (Phi) is 4.43. The fourth-order valence-corrected chi connectivity index (χ4v) is 4.28. The summed E-state index contributed by atoms with van der Waals surface area (Å²) < 4.78 is 11.2. The first-order chi connectivity index (χ1) is 12.1. The largest absolute Gasteiger partial charge is 0.459 e. The molecule has 3 rings (SSSR count). The van der Waals surface area contributed by atoms with Gasteiger partial charge in [-0.1, -0.05) is 17.2 Å². The van der Waals surface area contributed by atoms with E-state index in [9.17, 15) is 19.5 Å². The summed E-state index contributed by atoms with van der Waals surface area (Å²) in [6.07, 6.45) is 1.97. The SMILES string of the molecule is CC=C(C)C(=O)OC1CC(C)=C2C(=O)C=C(C)C2C2OC(=O)C(C)(O)C12. The van der Waals surface area contributed by atoms with Crippen LogP contribution in [0.25, 0.3) is 0 Å². The number of fused-ring (bicyclic) bond motifs is 3. The third kappa shape index (κ3) is 2.63. The number of aliphatic hydroxyl groups is 1. The molecule has 1 N–H and O–H groups in total. The summed E-state index contributed by atoms with van der Waals surface area (Å²) in [5.74, 6) is -2.52. The molecule has 0 amide bonds. The zero-order chi connectivity index (χ0) is 19.4. The summed E-state index contributed by atoms with van der Waals surface area (Å²) in [5, 5.41) is 10.8. The summed E-state index contributed by atoms with van der Waals surface area (Å²) in [5.41, 5.74) is 0.825. The van der Waals surface area contributed by atoms with Crippen LogP contribution in [-0.2, 0) is 23.9 Å². The Labute approximate surface area is 152 Å². The fraction of sp³-hybridized carbons (Fsp3) is 0.550. The predicted octanol–water partition coefficient (Wildman–Crippen LogP) is 2.02. The lowest BCUT2D eigenvalue weighted by Gasteiger charge is -2.32. The van der Waals surface area contributed by atoms with E-state index in [4.69, 9.17) is 9.47 Å². The van der Waals surface area contributed by atoms with Crippen molar-refractivity contribution in [3.63, 3.8) is 0 Å². The molecule has 3 aliphatic rings. The van der Waals surface area contributed by atoms with E-state index in [1.165, 1.54) is 6.92 Å². The molecule has 26 heavy (non-hydrogen) atoms. The second-order valence-corrected chi connectivity index (χ2v) is 7.59. The lowest BCUT2D eigenvalue weighted by molar-refractivity contribution is -0.159. The first-order valence-electron chi connectivity index (χ1n) is 8.79.